The lowest BCUT2D eigenvalue weighted by molar-refractivity contribution is 0.236. The molecule has 4 heteroatoms. The molecule has 0 saturated carbocycles. The van der Waals surface area contributed by atoms with Crippen molar-refractivity contribution < 1.29 is 19.0 Å². The summed E-state index contributed by atoms with van der Waals surface area (Å²) >= 11 is 0. The molecule has 0 aromatic carbocycles. The predicted octanol–water partition coefficient (Wildman–Crippen LogP) is 2.01. The Bertz CT molecular complexity index is 413. The predicted molar refractivity (Wildman–Crippen MR) is 56.8 cm³/mol. The van der Waals surface area contributed by atoms with Crippen LogP contribution in [0, 0.1) is 0 Å². The molecule has 0 aliphatic carbocycles. The first-order valence-electron chi connectivity index (χ1n) is 5.13. The summed E-state index contributed by atoms with van der Waals surface area (Å²) in [6.07, 6.45) is 0. The highest BCUT2D eigenvalue weighted by atomic mass is 16.4. The molecule has 0 amide bonds. The zero-order valence-corrected chi connectivity index (χ0v) is 9.01. The van der Waals surface area contributed by atoms with E-state index in [1.54, 1.807) is 12.1 Å². The van der Waals surface area contributed by atoms with Gasteiger partial charge in [-0.05, 0) is 31.2 Å². The van der Waals surface area contributed by atoms with Gasteiger partial charge in [0.2, 0.25) is 0 Å². The van der Waals surface area contributed by atoms with Gasteiger partial charge in [0.25, 0.3) is 0 Å². The average Bonchev–Trinajstić information content (AvgIpc) is 2.97. The molecule has 2 aromatic heterocycles. The Hall–Kier alpha value is -1.52. The SMILES string of the molecule is CC(c1ccc(CO)o1)c1ccc(CO)o1. The van der Waals surface area contributed by atoms with Gasteiger partial charge >= 0.3 is 0 Å². The Morgan fingerprint density at radius 2 is 1.38 bits per heavy atom. The van der Waals surface area contributed by atoms with Gasteiger partial charge in [0, 0.05) is 0 Å². The number of aliphatic hydroxyl groups is 2. The Morgan fingerprint density at radius 1 is 0.938 bits per heavy atom. The third-order valence-corrected chi connectivity index (χ3v) is 2.53. The van der Waals surface area contributed by atoms with E-state index in [4.69, 9.17) is 19.0 Å². The van der Waals surface area contributed by atoms with Crippen LogP contribution in [0.25, 0.3) is 0 Å². The molecular weight excluding hydrogens is 208 g/mol. The highest BCUT2D eigenvalue weighted by molar-refractivity contribution is 5.21. The van der Waals surface area contributed by atoms with Gasteiger partial charge in [0.1, 0.15) is 36.3 Å². The van der Waals surface area contributed by atoms with Gasteiger partial charge in [0.15, 0.2) is 0 Å². The summed E-state index contributed by atoms with van der Waals surface area (Å²) in [4.78, 5) is 0. The third kappa shape index (κ3) is 2.03. The zero-order chi connectivity index (χ0) is 11.5. The Balaban J connectivity index is 2.20. The van der Waals surface area contributed by atoms with Crippen LogP contribution < -0.4 is 0 Å². The van der Waals surface area contributed by atoms with Crippen LogP contribution in [-0.2, 0) is 13.2 Å². The fraction of sp³-hybridized carbons (Fsp3) is 0.333. The minimum Gasteiger partial charge on any atom is -0.463 e. The molecule has 4 nitrogen and oxygen atoms in total. The van der Waals surface area contributed by atoms with Crippen molar-refractivity contribution in [2.75, 3.05) is 0 Å². The van der Waals surface area contributed by atoms with E-state index >= 15 is 0 Å². The molecule has 0 spiro atoms. The lowest BCUT2D eigenvalue weighted by Crippen LogP contribution is -1.91. The summed E-state index contributed by atoms with van der Waals surface area (Å²) in [5.74, 6) is 2.53. The van der Waals surface area contributed by atoms with E-state index in [0.29, 0.717) is 11.5 Å². The Labute approximate surface area is 93.1 Å². The van der Waals surface area contributed by atoms with Crippen molar-refractivity contribution in [3.63, 3.8) is 0 Å². The summed E-state index contributed by atoms with van der Waals surface area (Å²) in [5, 5.41) is 17.8. The minimum absolute atomic E-state index is 0.0272. The molecular formula is C12H14O4. The van der Waals surface area contributed by atoms with E-state index in [9.17, 15) is 0 Å². The van der Waals surface area contributed by atoms with Crippen molar-refractivity contribution in [1.29, 1.82) is 0 Å². The molecule has 0 radical (unpaired) electrons. The van der Waals surface area contributed by atoms with E-state index in [1.165, 1.54) is 0 Å². The lowest BCUT2D eigenvalue weighted by atomic mass is 10.1. The van der Waals surface area contributed by atoms with E-state index in [0.717, 1.165) is 11.5 Å². The largest absolute Gasteiger partial charge is 0.463 e. The lowest BCUT2D eigenvalue weighted by Gasteiger charge is -2.04. The summed E-state index contributed by atoms with van der Waals surface area (Å²) in [5.41, 5.74) is 0. The molecule has 0 unspecified atom stereocenters. The fourth-order valence-electron chi connectivity index (χ4n) is 1.56. The van der Waals surface area contributed by atoms with Crippen LogP contribution in [0.5, 0.6) is 0 Å². The minimum atomic E-state index is -0.104. The van der Waals surface area contributed by atoms with Gasteiger partial charge in [-0.2, -0.15) is 0 Å². The quantitative estimate of drug-likeness (QED) is 0.830. The monoisotopic (exact) mass is 222 g/mol. The molecule has 0 saturated heterocycles. The molecule has 2 N–H and O–H groups in total. The van der Waals surface area contributed by atoms with E-state index in [1.807, 2.05) is 19.1 Å². The molecule has 2 rings (SSSR count). The highest BCUT2D eigenvalue weighted by Crippen LogP contribution is 2.27. The van der Waals surface area contributed by atoms with Crippen LogP contribution in [-0.4, -0.2) is 10.2 Å². The Morgan fingerprint density at radius 3 is 1.69 bits per heavy atom. The van der Waals surface area contributed by atoms with Crippen LogP contribution in [0.1, 0.15) is 35.9 Å². The van der Waals surface area contributed by atoms with Gasteiger partial charge in [-0.15, -0.1) is 0 Å². The van der Waals surface area contributed by atoms with Crippen molar-refractivity contribution in [2.24, 2.45) is 0 Å². The van der Waals surface area contributed by atoms with Gasteiger partial charge < -0.3 is 19.0 Å². The maximum atomic E-state index is 8.90. The molecule has 0 fully saturated rings. The number of aliphatic hydroxyl groups excluding tert-OH is 2. The van der Waals surface area contributed by atoms with Gasteiger partial charge in [-0.3, -0.25) is 0 Å². The maximum absolute atomic E-state index is 8.90. The molecule has 2 aromatic rings. The molecule has 0 atom stereocenters. The molecule has 0 aliphatic heterocycles. The summed E-state index contributed by atoms with van der Waals surface area (Å²) in [6.45, 7) is 1.74. The van der Waals surface area contributed by atoms with Gasteiger partial charge in [-0.1, -0.05) is 0 Å². The first kappa shape index (κ1) is 11.0. The first-order chi connectivity index (χ1) is 7.74. The highest BCUT2D eigenvalue weighted by Gasteiger charge is 2.16. The van der Waals surface area contributed by atoms with Crippen molar-refractivity contribution in [2.45, 2.75) is 26.1 Å². The summed E-state index contributed by atoms with van der Waals surface area (Å²) in [7, 11) is 0. The van der Waals surface area contributed by atoms with Crippen LogP contribution in [0.15, 0.2) is 33.1 Å². The number of rotatable bonds is 4. The number of furan rings is 2. The van der Waals surface area contributed by atoms with Crippen molar-refractivity contribution >= 4 is 0 Å². The average molecular weight is 222 g/mol. The van der Waals surface area contributed by atoms with Crippen molar-refractivity contribution in [3.8, 4) is 0 Å². The van der Waals surface area contributed by atoms with E-state index < -0.39 is 0 Å². The van der Waals surface area contributed by atoms with E-state index in [2.05, 4.69) is 0 Å². The second-order valence-electron chi connectivity index (χ2n) is 3.65. The molecule has 86 valence electrons. The van der Waals surface area contributed by atoms with Crippen molar-refractivity contribution in [3.05, 3.63) is 47.3 Å². The fourth-order valence-corrected chi connectivity index (χ4v) is 1.56. The summed E-state index contributed by atoms with van der Waals surface area (Å²) < 4.78 is 10.8. The van der Waals surface area contributed by atoms with Gasteiger partial charge in [0.05, 0.1) is 5.92 Å². The zero-order valence-electron chi connectivity index (χ0n) is 9.01. The number of hydrogen-bond acceptors (Lipinski definition) is 4. The maximum Gasteiger partial charge on any atom is 0.129 e. The first-order valence-corrected chi connectivity index (χ1v) is 5.13. The second kappa shape index (κ2) is 4.55. The smallest absolute Gasteiger partial charge is 0.129 e. The molecule has 0 aliphatic rings. The standard InChI is InChI=1S/C12H14O4/c1-8(11-4-2-9(6-13)15-11)12-5-3-10(7-14)16-12/h2-5,8,13-14H,6-7H2,1H3. The van der Waals surface area contributed by atoms with Crippen LogP contribution in [0.3, 0.4) is 0 Å². The second-order valence-corrected chi connectivity index (χ2v) is 3.65. The summed E-state index contributed by atoms with van der Waals surface area (Å²) in [6, 6.07) is 7.11. The topological polar surface area (TPSA) is 66.7 Å². The van der Waals surface area contributed by atoms with Crippen LogP contribution >= 0.6 is 0 Å². The normalized spacial score (nSPS) is 11.2. The van der Waals surface area contributed by atoms with Gasteiger partial charge in [-0.25, -0.2) is 0 Å². The van der Waals surface area contributed by atoms with Crippen LogP contribution in [0.4, 0.5) is 0 Å². The molecule has 2 heterocycles. The molecule has 0 bridgehead atoms. The third-order valence-electron chi connectivity index (χ3n) is 2.53. The molecule has 16 heavy (non-hydrogen) atoms. The van der Waals surface area contributed by atoms with E-state index in [-0.39, 0.29) is 19.1 Å². The van der Waals surface area contributed by atoms with Crippen LogP contribution in [0.2, 0.25) is 0 Å². The Kier molecular flexibility index (Phi) is 3.12. The number of hydrogen-bond donors (Lipinski definition) is 2. The van der Waals surface area contributed by atoms with Crippen molar-refractivity contribution in [1.82, 2.24) is 0 Å².